The molecular weight excluding hydrogens is 266 g/mol. The molecule has 0 aliphatic heterocycles. The fraction of sp³-hybridized carbons (Fsp3) is 0.133. The van der Waals surface area contributed by atoms with Crippen molar-refractivity contribution in [3.05, 3.63) is 53.9 Å². The molecule has 3 aromatic rings. The second-order valence-corrected chi connectivity index (χ2v) is 4.86. The number of pyridine rings is 1. The summed E-state index contributed by atoms with van der Waals surface area (Å²) in [6.07, 6.45) is 3.26. The third-order valence-corrected chi connectivity index (χ3v) is 3.30. The Morgan fingerprint density at radius 2 is 2.05 bits per heavy atom. The molecular formula is C15H15N5O. The Bertz CT molecular complexity index is 776. The Morgan fingerprint density at radius 3 is 2.76 bits per heavy atom. The lowest BCUT2D eigenvalue weighted by Crippen LogP contribution is -2.12. The van der Waals surface area contributed by atoms with E-state index in [4.69, 9.17) is 5.73 Å². The van der Waals surface area contributed by atoms with Gasteiger partial charge < -0.3 is 11.1 Å². The standard InChI is InChI=1S/C15H15N5O/c1-9(16)10-2-4-11(5-3-10)15(21)19-13-6-7-17-14-12(13)8-18-20-14/h2-9H,16H2,1H3,(H2,17,18,19,20,21)/t9-/m1/s1. The molecule has 21 heavy (non-hydrogen) atoms. The second-order valence-electron chi connectivity index (χ2n) is 4.86. The first kappa shape index (κ1) is 13.3. The quantitative estimate of drug-likeness (QED) is 0.685. The lowest BCUT2D eigenvalue weighted by Gasteiger charge is -2.08. The molecule has 2 heterocycles. The van der Waals surface area contributed by atoms with Gasteiger partial charge in [-0.1, -0.05) is 12.1 Å². The Kier molecular flexibility index (Phi) is 3.37. The summed E-state index contributed by atoms with van der Waals surface area (Å²) in [6, 6.07) is 8.95. The minimum Gasteiger partial charge on any atom is -0.324 e. The summed E-state index contributed by atoms with van der Waals surface area (Å²) in [5.41, 5.74) is 8.68. The van der Waals surface area contributed by atoms with E-state index in [1.54, 1.807) is 30.6 Å². The van der Waals surface area contributed by atoms with E-state index in [1.807, 2.05) is 19.1 Å². The number of rotatable bonds is 3. The summed E-state index contributed by atoms with van der Waals surface area (Å²) in [4.78, 5) is 16.4. The van der Waals surface area contributed by atoms with Gasteiger partial charge in [0.15, 0.2) is 5.65 Å². The van der Waals surface area contributed by atoms with Gasteiger partial charge in [0.2, 0.25) is 0 Å². The monoisotopic (exact) mass is 281 g/mol. The number of carbonyl (C=O) groups is 1. The minimum absolute atomic E-state index is 0.0483. The third-order valence-electron chi connectivity index (χ3n) is 3.30. The molecule has 1 amide bonds. The maximum absolute atomic E-state index is 12.3. The molecule has 0 bridgehead atoms. The van der Waals surface area contributed by atoms with Crippen LogP contribution in [0.4, 0.5) is 5.69 Å². The van der Waals surface area contributed by atoms with Gasteiger partial charge in [0.1, 0.15) is 0 Å². The fourth-order valence-electron chi connectivity index (χ4n) is 2.09. The number of nitrogens with one attached hydrogen (secondary N) is 2. The highest BCUT2D eigenvalue weighted by molar-refractivity contribution is 6.08. The van der Waals surface area contributed by atoms with Gasteiger partial charge in [-0.25, -0.2) is 4.98 Å². The number of nitrogens with zero attached hydrogens (tertiary/aromatic N) is 2. The van der Waals surface area contributed by atoms with Crippen LogP contribution < -0.4 is 11.1 Å². The zero-order chi connectivity index (χ0) is 14.8. The number of nitrogens with two attached hydrogens (primary N) is 1. The number of aromatic nitrogens is 3. The van der Waals surface area contributed by atoms with Crippen LogP contribution in [-0.2, 0) is 0 Å². The summed E-state index contributed by atoms with van der Waals surface area (Å²) in [7, 11) is 0. The van der Waals surface area contributed by atoms with E-state index in [2.05, 4.69) is 20.5 Å². The molecule has 2 aromatic heterocycles. The van der Waals surface area contributed by atoms with Crippen molar-refractivity contribution in [2.45, 2.75) is 13.0 Å². The van der Waals surface area contributed by atoms with E-state index in [1.165, 1.54) is 0 Å². The highest BCUT2D eigenvalue weighted by Gasteiger charge is 2.10. The predicted molar refractivity (Wildman–Crippen MR) is 80.9 cm³/mol. The number of benzene rings is 1. The number of aromatic amines is 1. The molecule has 6 heteroatoms. The zero-order valence-corrected chi connectivity index (χ0v) is 11.5. The maximum atomic E-state index is 12.3. The number of carbonyl (C=O) groups excluding carboxylic acids is 1. The molecule has 3 rings (SSSR count). The normalized spacial score (nSPS) is 12.3. The molecule has 6 nitrogen and oxygen atoms in total. The first-order valence-corrected chi connectivity index (χ1v) is 6.60. The average molecular weight is 281 g/mol. The lowest BCUT2D eigenvalue weighted by molar-refractivity contribution is 0.102. The van der Waals surface area contributed by atoms with Crippen LogP contribution in [-0.4, -0.2) is 21.1 Å². The van der Waals surface area contributed by atoms with Crippen LogP contribution in [0.15, 0.2) is 42.7 Å². The lowest BCUT2D eigenvalue weighted by atomic mass is 10.1. The van der Waals surface area contributed by atoms with Crippen LogP contribution in [0.2, 0.25) is 0 Å². The first-order chi connectivity index (χ1) is 10.1. The molecule has 106 valence electrons. The van der Waals surface area contributed by atoms with Crippen molar-refractivity contribution < 1.29 is 4.79 Å². The highest BCUT2D eigenvalue weighted by Crippen LogP contribution is 2.20. The van der Waals surface area contributed by atoms with E-state index >= 15 is 0 Å². The van der Waals surface area contributed by atoms with E-state index in [-0.39, 0.29) is 11.9 Å². The molecule has 0 radical (unpaired) electrons. The van der Waals surface area contributed by atoms with Crippen molar-refractivity contribution in [1.29, 1.82) is 0 Å². The SMILES string of the molecule is C[C@@H](N)c1ccc(C(=O)Nc2ccnc3[nH]ncc23)cc1. The molecule has 0 spiro atoms. The summed E-state index contributed by atoms with van der Waals surface area (Å²) >= 11 is 0. The predicted octanol–water partition coefficient (Wildman–Crippen LogP) is 2.23. The largest absolute Gasteiger partial charge is 0.324 e. The van der Waals surface area contributed by atoms with Gasteiger partial charge >= 0.3 is 0 Å². The minimum atomic E-state index is -0.181. The van der Waals surface area contributed by atoms with Crippen LogP contribution >= 0.6 is 0 Å². The highest BCUT2D eigenvalue weighted by atomic mass is 16.1. The summed E-state index contributed by atoms with van der Waals surface area (Å²) in [5.74, 6) is -0.181. The van der Waals surface area contributed by atoms with E-state index < -0.39 is 0 Å². The van der Waals surface area contributed by atoms with Gasteiger partial charge in [-0.3, -0.25) is 9.89 Å². The maximum Gasteiger partial charge on any atom is 0.255 e. The van der Waals surface area contributed by atoms with Crippen molar-refractivity contribution in [2.24, 2.45) is 5.73 Å². The molecule has 0 aliphatic carbocycles. The summed E-state index contributed by atoms with van der Waals surface area (Å²) in [5, 5.41) is 10.3. The zero-order valence-electron chi connectivity index (χ0n) is 11.5. The van der Waals surface area contributed by atoms with Crippen LogP contribution in [0.5, 0.6) is 0 Å². The number of anilines is 1. The van der Waals surface area contributed by atoms with E-state index in [0.29, 0.717) is 16.9 Å². The van der Waals surface area contributed by atoms with E-state index in [9.17, 15) is 4.79 Å². The van der Waals surface area contributed by atoms with Gasteiger partial charge in [0, 0.05) is 17.8 Å². The van der Waals surface area contributed by atoms with Crippen molar-refractivity contribution in [1.82, 2.24) is 15.2 Å². The second kappa shape index (κ2) is 5.34. The van der Waals surface area contributed by atoms with Gasteiger partial charge in [0.25, 0.3) is 5.91 Å². The summed E-state index contributed by atoms with van der Waals surface area (Å²) < 4.78 is 0. The Hall–Kier alpha value is -2.73. The Labute approximate surface area is 121 Å². The number of fused-ring (bicyclic) bond motifs is 1. The number of H-pyrrole nitrogens is 1. The topological polar surface area (TPSA) is 96.7 Å². The van der Waals surface area contributed by atoms with Crippen LogP contribution in [0.1, 0.15) is 28.9 Å². The molecule has 4 N–H and O–H groups in total. The molecule has 0 saturated heterocycles. The number of amides is 1. The number of hydrogen-bond donors (Lipinski definition) is 3. The van der Waals surface area contributed by atoms with Crippen molar-refractivity contribution in [3.63, 3.8) is 0 Å². The molecule has 0 saturated carbocycles. The van der Waals surface area contributed by atoms with Gasteiger partial charge in [-0.15, -0.1) is 0 Å². The van der Waals surface area contributed by atoms with E-state index in [0.717, 1.165) is 10.9 Å². The van der Waals surface area contributed by atoms with Crippen molar-refractivity contribution >= 4 is 22.6 Å². The van der Waals surface area contributed by atoms with Crippen molar-refractivity contribution in [2.75, 3.05) is 5.32 Å². The smallest absolute Gasteiger partial charge is 0.255 e. The summed E-state index contributed by atoms with van der Waals surface area (Å²) in [6.45, 7) is 1.90. The Morgan fingerprint density at radius 1 is 1.29 bits per heavy atom. The Balaban J connectivity index is 1.84. The van der Waals surface area contributed by atoms with Crippen molar-refractivity contribution in [3.8, 4) is 0 Å². The van der Waals surface area contributed by atoms with Crippen LogP contribution in [0.25, 0.3) is 11.0 Å². The third kappa shape index (κ3) is 2.61. The molecule has 0 aliphatic rings. The van der Waals surface area contributed by atoms with Gasteiger partial charge in [0.05, 0.1) is 17.3 Å². The van der Waals surface area contributed by atoms with Gasteiger partial charge in [-0.05, 0) is 30.7 Å². The number of hydrogen-bond acceptors (Lipinski definition) is 4. The average Bonchev–Trinajstić information content (AvgIpc) is 2.97. The fourth-order valence-corrected chi connectivity index (χ4v) is 2.09. The molecule has 0 fully saturated rings. The first-order valence-electron chi connectivity index (χ1n) is 6.60. The molecule has 1 aromatic carbocycles. The van der Waals surface area contributed by atoms with Gasteiger partial charge in [-0.2, -0.15) is 5.10 Å². The van der Waals surface area contributed by atoms with Crippen LogP contribution in [0, 0.1) is 0 Å². The van der Waals surface area contributed by atoms with Crippen LogP contribution in [0.3, 0.4) is 0 Å². The molecule has 0 unspecified atom stereocenters. The molecule has 1 atom stereocenters.